The molecule has 0 saturated carbocycles. The summed E-state index contributed by atoms with van der Waals surface area (Å²) >= 11 is 0. The minimum absolute atomic E-state index is 0.0571. The van der Waals surface area contributed by atoms with Crippen LogP contribution in [0.1, 0.15) is 73.4 Å². The number of rotatable bonds is 4. The lowest BCUT2D eigenvalue weighted by atomic mass is 9.96. The molecule has 0 fully saturated rings. The molecule has 9 heteroatoms. The monoisotopic (exact) mass is 442 g/mol. The first-order valence-electron chi connectivity index (χ1n) is 10.5. The predicted octanol–water partition coefficient (Wildman–Crippen LogP) is 3.97. The van der Waals surface area contributed by atoms with Crippen LogP contribution in [-0.2, 0) is 22.6 Å². The summed E-state index contributed by atoms with van der Waals surface area (Å²) < 4.78 is 26.1. The summed E-state index contributed by atoms with van der Waals surface area (Å²) in [5.41, 5.74) is 1.52. The highest BCUT2D eigenvalue weighted by Gasteiger charge is 2.36. The topological polar surface area (TPSA) is 97.5 Å². The van der Waals surface area contributed by atoms with Gasteiger partial charge in [0.2, 0.25) is 0 Å². The summed E-state index contributed by atoms with van der Waals surface area (Å²) in [4.78, 5) is 26.8. The van der Waals surface area contributed by atoms with Gasteiger partial charge in [-0.05, 0) is 45.4 Å². The Balaban J connectivity index is 2.00. The molecule has 1 aromatic heterocycles. The van der Waals surface area contributed by atoms with Crippen molar-refractivity contribution in [1.82, 2.24) is 14.7 Å². The van der Waals surface area contributed by atoms with Crippen molar-refractivity contribution in [3.8, 4) is 6.07 Å². The third-order valence-corrected chi connectivity index (χ3v) is 5.01. The molecule has 1 unspecified atom stereocenters. The third-order valence-electron chi connectivity index (χ3n) is 5.01. The number of hydrogen-bond donors (Lipinski definition) is 0. The van der Waals surface area contributed by atoms with Gasteiger partial charge in [0.15, 0.2) is 5.69 Å². The fourth-order valence-corrected chi connectivity index (χ4v) is 3.77. The molecular weight excluding hydrogens is 415 g/mol. The molecule has 1 aliphatic rings. The van der Waals surface area contributed by atoms with Crippen LogP contribution in [0.2, 0.25) is 0 Å². The minimum atomic E-state index is -0.643. The second-order valence-electron chi connectivity index (χ2n) is 8.78. The Morgan fingerprint density at radius 3 is 2.69 bits per heavy atom. The van der Waals surface area contributed by atoms with Crippen molar-refractivity contribution in [2.75, 3.05) is 13.2 Å². The summed E-state index contributed by atoms with van der Waals surface area (Å²) in [5, 5.41) is 13.6. The van der Waals surface area contributed by atoms with Crippen LogP contribution >= 0.6 is 0 Å². The predicted molar refractivity (Wildman–Crippen MR) is 113 cm³/mol. The maximum absolute atomic E-state index is 13.7. The maximum atomic E-state index is 13.7. The molecule has 1 aliphatic heterocycles. The van der Waals surface area contributed by atoms with Crippen LogP contribution in [0.4, 0.5) is 9.18 Å². The highest BCUT2D eigenvalue weighted by molar-refractivity contribution is 5.89. The Morgan fingerprint density at radius 2 is 2.06 bits per heavy atom. The molecule has 32 heavy (non-hydrogen) atoms. The number of amides is 1. The number of carbonyl (C=O) groups excluding carboxylic acids is 2. The molecular formula is C23H27FN4O4. The van der Waals surface area contributed by atoms with E-state index in [1.807, 2.05) is 13.0 Å². The van der Waals surface area contributed by atoms with E-state index in [4.69, 9.17) is 14.7 Å². The highest BCUT2D eigenvalue weighted by Crippen LogP contribution is 2.32. The molecule has 0 N–H and O–H groups in total. The highest BCUT2D eigenvalue weighted by atomic mass is 19.1. The van der Waals surface area contributed by atoms with Crippen LogP contribution in [0, 0.1) is 17.1 Å². The zero-order valence-corrected chi connectivity index (χ0v) is 18.9. The van der Waals surface area contributed by atoms with Crippen molar-refractivity contribution in [2.24, 2.45) is 0 Å². The Morgan fingerprint density at radius 1 is 1.34 bits per heavy atom. The third kappa shape index (κ3) is 4.90. The lowest BCUT2D eigenvalue weighted by molar-refractivity contribution is 0.0203. The van der Waals surface area contributed by atoms with Crippen molar-refractivity contribution < 1.29 is 23.5 Å². The fourth-order valence-electron chi connectivity index (χ4n) is 3.77. The van der Waals surface area contributed by atoms with Gasteiger partial charge >= 0.3 is 12.1 Å². The van der Waals surface area contributed by atoms with Crippen LogP contribution < -0.4 is 0 Å². The van der Waals surface area contributed by atoms with Gasteiger partial charge in [0.1, 0.15) is 17.5 Å². The second kappa shape index (κ2) is 8.99. The molecule has 1 aromatic carbocycles. The summed E-state index contributed by atoms with van der Waals surface area (Å²) in [7, 11) is 0. The van der Waals surface area contributed by atoms with Gasteiger partial charge in [-0.3, -0.25) is 4.68 Å². The molecule has 170 valence electrons. The van der Waals surface area contributed by atoms with Crippen molar-refractivity contribution in [3.63, 3.8) is 0 Å². The lowest BCUT2D eigenvalue weighted by Crippen LogP contribution is -2.41. The first-order valence-corrected chi connectivity index (χ1v) is 10.5. The van der Waals surface area contributed by atoms with Gasteiger partial charge in [0.25, 0.3) is 0 Å². The van der Waals surface area contributed by atoms with Gasteiger partial charge in [-0.15, -0.1) is 0 Å². The van der Waals surface area contributed by atoms with Crippen molar-refractivity contribution in [3.05, 3.63) is 52.1 Å². The van der Waals surface area contributed by atoms with E-state index in [0.717, 1.165) is 5.69 Å². The van der Waals surface area contributed by atoms with Crippen molar-refractivity contribution >= 4 is 12.1 Å². The van der Waals surface area contributed by atoms with E-state index in [9.17, 15) is 14.0 Å². The molecule has 3 rings (SSSR count). The van der Waals surface area contributed by atoms with Crippen LogP contribution in [0.15, 0.2) is 18.2 Å². The lowest BCUT2D eigenvalue weighted by Gasteiger charge is -2.33. The molecule has 0 aliphatic carbocycles. The van der Waals surface area contributed by atoms with E-state index in [0.29, 0.717) is 17.7 Å². The molecule has 8 nitrogen and oxygen atoms in total. The Kier molecular flexibility index (Phi) is 6.53. The molecule has 0 spiro atoms. The maximum Gasteiger partial charge on any atom is 0.410 e. The van der Waals surface area contributed by atoms with Crippen LogP contribution in [0.3, 0.4) is 0 Å². The van der Waals surface area contributed by atoms with Crippen molar-refractivity contribution in [2.45, 2.75) is 59.2 Å². The summed E-state index contributed by atoms with van der Waals surface area (Å²) in [6.45, 7) is 10.0. The molecule has 0 bridgehead atoms. The van der Waals surface area contributed by atoms with E-state index in [1.54, 1.807) is 43.3 Å². The average Bonchev–Trinajstić information content (AvgIpc) is 3.07. The first kappa shape index (κ1) is 23.3. The van der Waals surface area contributed by atoms with Gasteiger partial charge in [0.05, 0.1) is 25.3 Å². The number of hydrogen-bond acceptors (Lipinski definition) is 6. The number of nitrogens with zero attached hydrogens (tertiary/aromatic N) is 4. The molecule has 2 aromatic rings. The van der Waals surface area contributed by atoms with Gasteiger partial charge in [0, 0.05) is 23.7 Å². The van der Waals surface area contributed by atoms with Crippen LogP contribution in [0.5, 0.6) is 0 Å². The summed E-state index contributed by atoms with van der Waals surface area (Å²) in [6, 6.07) is 6.12. The Labute approximate surface area is 186 Å². The molecule has 1 atom stereocenters. The quantitative estimate of drug-likeness (QED) is 0.665. The van der Waals surface area contributed by atoms with E-state index in [2.05, 4.69) is 5.10 Å². The number of fused-ring (bicyclic) bond motifs is 1. The molecule has 1 amide bonds. The number of nitriles is 1. The van der Waals surface area contributed by atoms with Gasteiger partial charge in [-0.25, -0.2) is 14.0 Å². The minimum Gasteiger partial charge on any atom is -0.461 e. The second-order valence-corrected chi connectivity index (χ2v) is 8.78. The first-order chi connectivity index (χ1) is 15.0. The fraction of sp³-hybridized carbons (Fsp3) is 0.478. The van der Waals surface area contributed by atoms with E-state index in [-0.39, 0.29) is 36.9 Å². The van der Waals surface area contributed by atoms with Crippen molar-refractivity contribution in [1.29, 1.82) is 5.26 Å². The smallest absolute Gasteiger partial charge is 0.410 e. The number of halogens is 1. The largest absolute Gasteiger partial charge is 0.461 e. The van der Waals surface area contributed by atoms with Gasteiger partial charge in [-0.1, -0.05) is 13.0 Å². The summed E-state index contributed by atoms with van der Waals surface area (Å²) in [5.74, 6) is -1.30. The normalized spacial score (nSPS) is 15.7. The number of esters is 1. The Bertz CT molecular complexity index is 1080. The Hall–Kier alpha value is -3.41. The zero-order valence-electron chi connectivity index (χ0n) is 18.9. The number of aromatic nitrogens is 2. The molecule has 0 radical (unpaired) electrons. The standard InChI is InChI=1S/C23H27FN4O4/c1-6-31-21(29)19-17-13-27(22(30)32-23(3,4)5)11-14(2)20(17)28(26-19)12-15-7-8-18(24)16(9-15)10-25/h7-9,14H,6,11-13H2,1-5H3. The van der Waals surface area contributed by atoms with E-state index < -0.39 is 23.5 Å². The van der Waals surface area contributed by atoms with Gasteiger partial charge < -0.3 is 14.4 Å². The summed E-state index contributed by atoms with van der Waals surface area (Å²) in [6.07, 6.45) is -0.463. The van der Waals surface area contributed by atoms with Gasteiger partial charge in [-0.2, -0.15) is 10.4 Å². The zero-order chi connectivity index (χ0) is 23.6. The molecule has 2 heterocycles. The SMILES string of the molecule is CCOC(=O)c1nn(Cc2ccc(F)c(C#N)c2)c2c1CN(C(=O)OC(C)(C)C)CC2C. The van der Waals surface area contributed by atoms with E-state index in [1.165, 1.54) is 12.1 Å². The molecule has 0 saturated heterocycles. The van der Waals surface area contributed by atoms with E-state index >= 15 is 0 Å². The average molecular weight is 442 g/mol. The number of carbonyl (C=O) groups is 2. The number of ether oxygens (including phenoxy) is 2. The van der Waals surface area contributed by atoms with Crippen LogP contribution in [-0.4, -0.2) is 45.5 Å². The number of benzene rings is 1. The van der Waals surface area contributed by atoms with Crippen LogP contribution in [0.25, 0.3) is 0 Å².